The van der Waals surface area contributed by atoms with Gasteiger partial charge in [0.2, 0.25) is 23.5 Å². The van der Waals surface area contributed by atoms with Crippen molar-refractivity contribution in [2.75, 3.05) is 6.54 Å². The zero-order chi connectivity index (χ0) is 35.1. The van der Waals surface area contributed by atoms with Gasteiger partial charge in [-0.25, -0.2) is 0 Å². The van der Waals surface area contributed by atoms with E-state index in [1.807, 2.05) is 39.8 Å². The lowest BCUT2D eigenvalue weighted by molar-refractivity contribution is -0.145. The molecule has 11 nitrogen and oxygen atoms in total. The Morgan fingerprint density at radius 2 is 1.86 bits per heavy atom. The Bertz CT molecular complexity index is 1520. The minimum absolute atomic E-state index is 0.00111. The number of nitrogens with zero attached hydrogens (tertiary/aromatic N) is 2. The highest BCUT2D eigenvalue weighted by Gasteiger charge is 2.56. The first kappa shape index (κ1) is 35.4. The molecule has 2 bridgehead atoms. The molecule has 4 amide bonds. The van der Waals surface area contributed by atoms with Crippen molar-refractivity contribution in [1.82, 2.24) is 20.9 Å². The third-order valence-electron chi connectivity index (χ3n) is 11.1. The number of Topliss-reactive ketones (excluding diaryl/α,β-unsaturated/α-hetero) is 1. The molecule has 3 aliphatic carbocycles. The summed E-state index contributed by atoms with van der Waals surface area (Å²) in [6.45, 7) is 7.63. The average molecular weight is 696 g/mol. The molecule has 7 atom stereocenters. The predicted octanol–water partition coefficient (Wildman–Crippen LogP) is 4.29. The Balaban J connectivity index is 1.23. The molecule has 3 saturated carbocycles. The van der Waals surface area contributed by atoms with Crippen LogP contribution in [0.15, 0.2) is 29.4 Å². The highest BCUT2D eigenvalue weighted by molar-refractivity contribution is 6.38. The molecule has 49 heavy (non-hydrogen) atoms. The number of benzene rings is 1. The lowest BCUT2D eigenvalue weighted by Gasteiger charge is -2.36. The molecule has 1 aromatic rings. The number of carbonyl (C=O) groups is 5. The van der Waals surface area contributed by atoms with Gasteiger partial charge in [-0.05, 0) is 73.8 Å². The molecular formula is C37H50ClN5O6. The van der Waals surface area contributed by atoms with Crippen LogP contribution in [0.3, 0.4) is 0 Å². The van der Waals surface area contributed by atoms with Crippen LogP contribution < -0.4 is 16.0 Å². The maximum atomic E-state index is 14.6. The molecule has 1 saturated heterocycles. The second kappa shape index (κ2) is 14.0. The van der Waals surface area contributed by atoms with Crippen molar-refractivity contribution >= 4 is 46.7 Å². The summed E-state index contributed by atoms with van der Waals surface area (Å²) in [4.78, 5) is 75.7. The van der Waals surface area contributed by atoms with Crippen LogP contribution in [0.1, 0.15) is 104 Å². The summed E-state index contributed by atoms with van der Waals surface area (Å²) in [5.41, 5.74) is -0.235. The van der Waals surface area contributed by atoms with E-state index in [2.05, 4.69) is 21.1 Å². The molecule has 6 rings (SSSR count). The summed E-state index contributed by atoms with van der Waals surface area (Å²) in [7, 11) is 0. The average Bonchev–Trinajstić information content (AvgIpc) is 3.39. The van der Waals surface area contributed by atoms with Crippen molar-refractivity contribution in [3.63, 3.8) is 0 Å². The normalized spacial score (nSPS) is 28.5. The number of ketones is 1. The van der Waals surface area contributed by atoms with Crippen molar-refractivity contribution in [2.24, 2.45) is 28.3 Å². The largest absolute Gasteiger partial charge is 0.387 e. The highest BCUT2D eigenvalue weighted by Crippen LogP contribution is 2.49. The van der Waals surface area contributed by atoms with Crippen LogP contribution in [0.4, 0.5) is 0 Å². The Kier molecular flexibility index (Phi) is 10.1. The molecule has 2 heterocycles. The van der Waals surface area contributed by atoms with Gasteiger partial charge in [-0.2, -0.15) is 0 Å². The number of rotatable bonds is 12. The van der Waals surface area contributed by atoms with Gasteiger partial charge in [0.15, 0.2) is 5.60 Å². The summed E-state index contributed by atoms with van der Waals surface area (Å²) < 4.78 is 0. The number of amides is 4. The van der Waals surface area contributed by atoms with E-state index in [1.54, 1.807) is 12.1 Å². The maximum absolute atomic E-state index is 14.6. The molecule has 1 spiro atoms. The first-order valence-electron chi connectivity index (χ1n) is 18.0. The summed E-state index contributed by atoms with van der Waals surface area (Å²) in [5.74, 6) is -0.881. The van der Waals surface area contributed by atoms with E-state index < -0.39 is 52.6 Å². The molecule has 12 heteroatoms. The van der Waals surface area contributed by atoms with Crippen LogP contribution in [0, 0.1) is 23.2 Å². The Hall–Kier alpha value is -3.47. The molecule has 2 aliphatic heterocycles. The van der Waals surface area contributed by atoms with E-state index in [-0.39, 0.29) is 31.3 Å². The van der Waals surface area contributed by atoms with Crippen LogP contribution in [0.5, 0.6) is 0 Å². The Morgan fingerprint density at radius 3 is 2.49 bits per heavy atom. The van der Waals surface area contributed by atoms with Gasteiger partial charge >= 0.3 is 0 Å². The van der Waals surface area contributed by atoms with Gasteiger partial charge in [-0.3, -0.25) is 24.0 Å². The summed E-state index contributed by atoms with van der Waals surface area (Å²) in [6, 6.07) is 4.30. The van der Waals surface area contributed by atoms with E-state index in [0.717, 1.165) is 24.8 Å². The first-order chi connectivity index (χ1) is 23.2. The van der Waals surface area contributed by atoms with Gasteiger partial charge in [-0.15, -0.1) is 0 Å². The molecule has 4 unspecified atom stereocenters. The van der Waals surface area contributed by atoms with Gasteiger partial charge in [0, 0.05) is 35.9 Å². The van der Waals surface area contributed by atoms with Gasteiger partial charge in [0.25, 0.3) is 5.91 Å². The minimum atomic E-state index is -1.03. The van der Waals surface area contributed by atoms with E-state index >= 15 is 0 Å². The molecule has 5 aliphatic rings. The molecule has 3 N–H and O–H groups in total. The lowest BCUT2D eigenvalue weighted by Crippen LogP contribution is -2.59. The van der Waals surface area contributed by atoms with Gasteiger partial charge in [0.05, 0.1) is 18.3 Å². The quantitative estimate of drug-likeness (QED) is 0.278. The van der Waals surface area contributed by atoms with E-state index in [0.29, 0.717) is 47.8 Å². The minimum Gasteiger partial charge on any atom is -0.387 e. The Labute approximate surface area is 293 Å². The van der Waals surface area contributed by atoms with Crippen molar-refractivity contribution in [2.45, 2.75) is 128 Å². The second-order valence-corrected chi connectivity index (χ2v) is 16.6. The number of fused-ring (bicyclic) bond motifs is 2. The van der Waals surface area contributed by atoms with Gasteiger partial charge < -0.3 is 25.7 Å². The fourth-order valence-corrected chi connectivity index (χ4v) is 8.51. The fourth-order valence-electron chi connectivity index (χ4n) is 8.32. The van der Waals surface area contributed by atoms with E-state index in [4.69, 9.17) is 16.4 Å². The number of oxime groups is 1. The molecule has 266 valence electrons. The molecule has 4 fully saturated rings. The Morgan fingerprint density at radius 1 is 1.08 bits per heavy atom. The van der Waals surface area contributed by atoms with Crippen LogP contribution in [0.25, 0.3) is 0 Å². The van der Waals surface area contributed by atoms with Gasteiger partial charge in [-0.1, -0.05) is 69.4 Å². The topological polar surface area (TPSA) is 146 Å². The molecule has 0 radical (unpaired) electrons. The zero-order valence-electron chi connectivity index (χ0n) is 29.1. The smallest absolute Gasteiger partial charge is 0.289 e. The van der Waals surface area contributed by atoms with Crippen molar-refractivity contribution in [3.8, 4) is 0 Å². The number of halogens is 1. The van der Waals surface area contributed by atoms with E-state index in [9.17, 15) is 24.0 Å². The molecule has 1 aromatic carbocycles. The lowest BCUT2D eigenvalue weighted by atomic mass is 9.84. The SMILES string of the molecule is CCC[C@H](NC(=O)C1C[C@]2(CC(c3cccc(Cl)c3)=NO2)CN1C(=O)C(NC(=O)C[C@H]1CC2CCC1C2)C(C)(C)C)C(=O)C(=O)NC1CC1. The summed E-state index contributed by atoms with van der Waals surface area (Å²) in [6.07, 6.45) is 8.00. The zero-order valence-corrected chi connectivity index (χ0v) is 29.8. The monoisotopic (exact) mass is 695 g/mol. The number of hydrogen-bond acceptors (Lipinski definition) is 7. The van der Waals surface area contributed by atoms with Crippen LogP contribution >= 0.6 is 11.6 Å². The maximum Gasteiger partial charge on any atom is 0.289 e. The predicted molar refractivity (Wildman–Crippen MR) is 184 cm³/mol. The standard InChI is InChI=1S/C37H50ClN5O6/c1-5-7-27(31(45)34(47)39-26-12-13-26)40-33(46)29-19-37(18-28(42-49-37)23-8-6-9-25(38)16-23)20-43(29)35(48)32(36(2,3)4)41-30(44)17-24-15-21-10-11-22(24)14-21/h6,8-9,16,21-22,24,26-27,29,32H,5,7,10-15,17-20H2,1-4H3,(H,39,47)(H,40,46)(H,41,44)/t21?,22?,24-,27+,29?,32?,37-/m1/s1. The summed E-state index contributed by atoms with van der Waals surface area (Å²) >= 11 is 6.26. The van der Waals surface area contributed by atoms with Crippen LogP contribution in [0.2, 0.25) is 5.02 Å². The highest BCUT2D eigenvalue weighted by atomic mass is 35.5. The fraction of sp³-hybridized carbons (Fsp3) is 0.676. The van der Waals surface area contributed by atoms with Crippen molar-refractivity contribution < 1.29 is 28.8 Å². The number of hydrogen-bond donors (Lipinski definition) is 3. The number of carbonyl (C=O) groups excluding carboxylic acids is 5. The number of nitrogens with one attached hydrogen (secondary N) is 3. The molecule has 0 aromatic heterocycles. The van der Waals surface area contributed by atoms with Crippen LogP contribution in [-0.2, 0) is 28.8 Å². The third kappa shape index (κ3) is 7.97. The first-order valence-corrected chi connectivity index (χ1v) is 18.4. The van der Waals surface area contributed by atoms with E-state index in [1.165, 1.54) is 24.2 Å². The number of likely N-dealkylation sites (tertiary alicyclic amines) is 1. The second-order valence-electron chi connectivity index (χ2n) is 16.2. The van der Waals surface area contributed by atoms with Crippen molar-refractivity contribution in [1.29, 1.82) is 0 Å². The third-order valence-corrected chi connectivity index (χ3v) is 11.3. The summed E-state index contributed by atoms with van der Waals surface area (Å²) in [5, 5.41) is 13.5. The van der Waals surface area contributed by atoms with Crippen LogP contribution in [-0.4, -0.2) is 76.3 Å². The van der Waals surface area contributed by atoms with Crippen molar-refractivity contribution in [3.05, 3.63) is 34.9 Å². The van der Waals surface area contributed by atoms with Gasteiger partial charge in [0.1, 0.15) is 12.1 Å². The molecular weight excluding hydrogens is 646 g/mol.